The fraction of sp³-hybridized carbons (Fsp3) is 0.100. The second-order valence-corrected chi connectivity index (χ2v) is 2.33. The zero-order valence-corrected chi connectivity index (χ0v) is 6.50. The topological polar surface area (TPSA) is 23.8 Å². The Bertz CT molecular complexity index is 323. The Morgan fingerprint density at radius 2 is 2.17 bits per heavy atom. The molecule has 0 aromatic heterocycles. The molecule has 0 fully saturated rings. The predicted molar refractivity (Wildman–Crippen MR) is 45.1 cm³/mol. The number of nitriles is 1. The Morgan fingerprint density at radius 3 is 2.83 bits per heavy atom. The molecule has 2 heteroatoms. The Morgan fingerprint density at radius 1 is 1.42 bits per heavy atom. The van der Waals surface area contributed by atoms with Gasteiger partial charge in [0.2, 0.25) is 0 Å². The van der Waals surface area contributed by atoms with Crippen molar-refractivity contribution in [3.63, 3.8) is 0 Å². The summed E-state index contributed by atoms with van der Waals surface area (Å²) in [6.45, 7) is 0. The maximum atomic E-state index is 11.7. The van der Waals surface area contributed by atoms with Crippen molar-refractivity contribution in [2.45, 2.75) is 6.42 Å². The molecule has 0 unspecified atom stereocenters. The van der Waals surface area contributed by atoms with Crippen LogP contribution in [0.2, 0.25) is 0 Å². The Labute approximate surface area is 70.8 Å². The molecule has 1 rings (SSSR count). The molecule has 0 radical (unpaired) electrons. The van der Waals surface area contributed by atoms with E-state index in [4.69, 9.17) is 5.26 Å². The van der Waals surface area contributed by atoms with Crippen LogP contribution in [-0.2, 0) is 6.42 Å². The van der Waals surface area contributed by atoms with E-state index in [9.17, 15) is 4.39 Å². The van der Waals surface area contributed by atoms with Crippen LogP contribution in [-0.4, -0.2) is 0 Å². The van der Waals surface area contributed by atoms with Crippen LogP contribution in [0.15, 0.2) is 36.7 Å². The highest BCUT2D eigenvalue weighted by Gasteiger charge is 1.96. The smallest absolute Gasteiger partial charge is 0.0994 e. The zero-order chi connectivity index (χ0) is 8.81. The first kappa shape index (κ1) is 8.48. The maximum absolute atomic E-state index is 11.7. The number of allylic oxidation sites excluding steroid dienone is 1. The summed E-state index contributed by atoms with van der Waals surface area (Å²) >= 11 is 0. The molecule has 60 valence electrons. The molecule has 0 aliphatic carbocycles. The number of benzene rings is 1. The van der Waals surface area contributed by atoms with Gasteiger partial charge in [-0.05, 0) is 18.1 Å². The molecule has 1 aromatic rings. The molecule has 0 bridgehead atoms. The van der Waals surface area contributed by atoms with Crippen LogP contribution in [0, 0.1) is 11.3 Å². The number of hydrogen-bond acceptors (Lipinski definition) is 1. The molecule has 0 N–H and O–H groups in total. The molecule has 0 saturated heterocycles. The summed E-state index contributed by atoms with van der Waals surface area (Å²) in [4.78, 5) is 0. The van der Waals surface area contributed by atoms with Crippen LogP contribution in [0.4, 0.5) is 4.39 Å². The molecule has 0 saturated carbocycles. The van der Waals surface area contributed by atoms with Gasteiger partial charge in [0.15, 0.2) is 0 Å². The van der Waals surface area contributed by atoms with E-state index in [1.165, 1.54) is 6.08 Å². The van der Waals surface area contributed by atoms with E-state index >= 15 is 0 Å². The van der Waals surface area contributed by atoms with E-state index in [2.05, 4.69) is 0 Å². The number of nitrogens with zero attached hydrogens (tertiary/aromatic N) is 1. The molecule has 0 amide bonds. The minimum Gasteiger partial charge on any atom is -0.216 e. The molecule has 1 aromatic carbocycles. The van der Waals surface area contributed by atoms with Gasteiger partial charge < -0.3 is 0 Å². The maximum Gasteiger partial charge on any atom is 0.0994 e. The van der Waals surface area contributed by atoms with E-state index < -0.39 is 0 Å². The zero-order valence-electron chi connectivity index (χ0n) is 6.50. The summed E-state index contributed by atoms with van der Waals surface area (Å²) in [5, 5.41) is 8.65. The van der Waals surface area contributed by atoms with Gasteiger partial charge in [0.1, 0.15) is 0 Å². The van der Waals surface area contributed by atoms with E-state index in [1.54, 1.807) is 12.1 Å². The molecule has 12 heavy (non-hydrogen) atoms. The summed E-state index contributed by atoms with van der Waals surface area (Å²) in [7, 11) is 0. The average Bonchev–Trinajstić information content (AvgIpc) is 2.15. The lowest BCUT2D eigenvalue weighted by Crippen LogP contribution is -1.85. The molecular weight excluding hydrogens is 153 g/mol. The van der Waals surface area contributed by atoms with Crippen LogP contribution in [0.5, 0.6) is 0 Å². The third-order valence-corrected chi connectivity index (χ3v) is 1.56. The lowest BCUT2D eigenvalue weighted by Gasteiger charge is -1.97. The van der Waals surface area contributed by atoms with Gasteiger partial charge in [0.05, 0.1) is 18.0 Å². The molecule has 0 atom stereocenters. The van der Waals surface area contributed by atoms with Crippen LogP contribution >= 0.6 is 0 Å². The minimum absolute atomic E-state index is 0.472. The van der Waals surface area contributed by atoms with Crippen LogP contribution < -0.4 is 0 Å². The van der Waals surface area contributed by atoms with Crippen LogP contribution in [0.3, 0.4) is 0 Å². The Hall–Kier alpha value is -1.62. The van der Waals surface area contributed by atoms with Gasteiger partial charge in [-0.15, -0.1) is 0 Å². The van der Waals surface area contributed by atoms with Crippen molar-refractivity contribution in [1.82, 2.24) is 0 Å². The highest BCUT2D eigenvalue weighted by atomic mass is 19.1. The van der Waals surface area contributed by atoms with E-state index in [0.717, 1.165) is 5.56 Å². The first-order valence-electron chi connectivity index (χ1n) is 3.61. The number of hydrogen-bond donors (Lipinski definition) is 0. The third-order valence-electron chi connectivity index (χ3n) is 1.56. The fourth-order valence-corrected chi connectivity index (χ4v) is 0.979. The molecule has 1 nitrogen and oxygen atoms in total. The number of rotatable bonds is 2. The minimum atomic E-state index is 0.472. The van der Waals surface area contributed by atoms with Gasteiger partial charge >= 0.3 is 0 Å². The van der Waals surface area contributed by atoms with Crippen molar-refractivity contribution in [3.8, 4) is 6.07 Å². The van der Waals surface area contributed by atoms with Crippen molar-refractivity contribution in [2.75, 3.05) is 0 Å². The summed E-state index contributed by atoms with van der Waals surface area (Å²) in [5.41, 5.74) is 1.46. The van der Waals surface area contributed by atoms with Crippen molar-refractivity contribution in [1.29, 1.82) is 5.26 Å². The van der Waals surface area contributed by atoms with E-state index in [-0.39, 0.29) is 0 Å². The van der Waals surface area contributed by atoms with Gasteiger partial charge in [0, 0.05) is 0 Å². The second-order valence-electron chi connectivity index (χ2n) is 2.33. The Kier molecular flexibility index (Phi) is 3.04. The van der Waals surface area contributed by atoms with E-state index in [0.29, 0.717) is 18.3 Å². The summed E-state index contributed by atoms with van der Waals surface area (Å²) < 4.78 is 11.7. The van der Waals surface area contributed by atoms with Gasteiger partial charge in [-0.2, -0.15) is 5.26 Å². The summed E-state index contributed by atoms with van der Waals surface area (Å²) in [6, 6.07) is 9.22. The van der Waals surface area contributed by atoms with Gasteiger partial charge in [-0.1, -0.05) is 24.3 Å². The van der Waals surface area contributed by atoms with Gasteiger partial charge in [0.25, 0.3) is 0 Å². The van der Waals surface area contributed by atoms with Crippen molar-refractivity contribution >= 4 is 0 Å². The molecular formula is C10H8FN. The molecule has 0 aliphatic heterocycles. The first-order valence-corrected chi connectivity index (χ1v) is 3.61. The van der Waals surface area contributed by atoms with Gasteiger partial charge in [-0.3, -0.25) is 0 Å². The summed E-state index contributed by atoms with van der Waals surface area (Å²) in [6.07, 6.45) is 2.35. The standard InChI is InChI=1S/C10H8FN/c11-7-3-6-9-4-1-2-5-10(9)8-12/h1-5,7H,6H2. The monoisotopic (exact) mass is 161 g/mol. The fourth-order valence-electron chi connectivity index (χ4n) is 0.979. The third kappa shape index (κ3) is 1.93. The van der Waals surface area contributed by atoms with E-state index in [1.807, 2.05) is 18.2 Å². The van der Waals surface area contributed by atoms with Crippen molar-refractivity contribution in [3.05, 3.63) is 47.8 Å². The highest BCUT2D eigenvalue weighted by Crippen LogP contribution is 2.08. The highest BCUT2D eigenvalue weighted by molar-refractivity contribution is 5.38. The van der Waals surface area contributed by atoms with Crippen LogP contribution in [0.25, 0.3) is 0 Å². The lowest BCUT2D eigenvalue weighted by atomic mass is 10.1. The Balaban J connectivity index is 2.91. The van der Waals surface area contributed by atoms with Gasteiger partial charge in [-0.25, -0.2) is 4.39 Å². The molecule has 0 heterocycles. The predicted octanol–water partition coefficient (Wildman–Crippen LogP) is 2.58. The largest absolute Gasteiger partial charge is 0.216 e. The normalized spacial score (nSPS) is 10.0. The second kappa shape index (κ2) is 4.30. The number of halogens is 1. The quantitative estimate of drug-likeness (QED) is 0.654. The molecule has 0 aliphatic rings. The SMILES string of the molecule is N#Cc1ccccc1CC=CF. The van der Waals surface area contributed by atoms with Crippen LogP contribution in [0.1, 0.15) is 11.1 Å². The average molecular weight is 161 g/mol. The summed E-state index contributed by atoms with van der Waals surface area (Å²) in [5.74, 6) is 0. The molecule has 0 spiro atoms. The van der Waals surface area contributed by atoms with Crippen molar-refractivity contribution < 1.29 is 4.39 Å². The van der Waals surface area contributed by atoms with Crippen molar-refractivity contribution in [2.24, 2.45) is 0 Å². The first-order chi connectivity index (χ1) is 5.88. The lowest BCUT2D eigenvalue weighted by molar-refractivity contribution is 0.716.